The fraction of sp³-hybridized carbons (Fsp3) is 0.467. The first-order valence-electron chi connectivity index (χ1n) is 6.81. The van der Waals surface area contributed by atoms with Crippen molar-refractivity contribution >= 4 is 17.7 Å². The fourth-order valence-electron chi connectivity index (χ4n) is 1.97. The van der Waals surface area contributed by atoms with Gasteiger partial charge in [-0.15, -0.1) is 0 Å². The van der Waals surface area contributed by atoms with Gasteiger partial charge in [0.15, 0.2) is 0 Å². The Labute approximate surface area is 119 Å². The van der Waals surface area contributed by atoms with Gasteiger partial charge in [-0.25, -0.2) is 9.59 Å². The van der Waals surface area contributed by atoms with Gasteiger partial charge >= 0.3 is 12.0 Å². The van der Waals surface area contributed by atoms with Crippen LogP contribution in [-0.4, -0.2) is 29.7 Å². The van der Waals surface area contributed by atoms with Gasteiger partial charge in [0.1, 0.15) is 6.04 Å². The zero-order valence-electron chi connectivity index (χ0n) is 12.2. The number of carboxylic acid groups (broad SMARTS) is 1. The fourth-order valence-corrected chi connectivity index (χ4v) is 1.97. The minimum atomic E-state index is -1.00. The number of anilines is 1. The molecule has 1 aromatic rings. The first-order chi connectivity index (χ1) is 9.45. The summed E-state index contributed by atoms with van der Waals surface area (Å²) in [7, 11) is 0. The quantitative estimate of drug-likeness (QED) is 0.840. The van der Waals surface area contributed by atoms with Gasteiger partial charge < -0.3 is 10.4 Å². The second kappa shape index (κ2) is 7.53. The van der Waals surface area contributed by atoms with Crippen LogP contribution >= 0.6 is 0 Å². The molecule has 0 aromatic heterocycles. The minimum absolute atomic E-state index is 0.197. The molecule has 1 aromatic carbocycles. The number of aliphatic carboxylic acids is 1. The van der Waals surface area contributed by atoms with E-state index in [1.165, 1.54) is 4.90 Å². The van der Waals surface area contributed by atoms with E-state index >= 15 is 0 Å². The molecule has 0 aliphatic carbocycles. The van der Waals surface area contributed by atoms with Crippen LogP contribution < -0.4 is 10.2 Å². The van der Waals surface area contributed by atoms with E-state index in [1.807, 2.05) is 51.1 Å². The van der Waals surface area contributed by atoms with Gasteiger partial charge in [0, 0.05) is 12.2 Å². The number of urea groups is 1. The van der Waals surface area contributed by atoms with E-state index < -0.39 is 12.0 Å². The van der Waals surface area contributed by atoms with Crippen LogP contribution in [0.1, 0.15) is 27.2 Å². The summed E-state index contributed by atoms with van der Waals surface area (Å²) >= 11 is 0. The van der Waals surface area contributed by atoms with Crippen LogP contribution in [0.5, 0.6) is 0 Å². The summed E-state index contributed by atoms with van der Waals surface area (Å²) in [5.41, 5.74) is 0.751. The Hall–Kier alpha value is -2.04. The summed E-state index contributed by atoms with van der Waals surface area (Å²) in [4.78, 5) is 24.9. The van der Waals surface area contributed by atoms with Crippen molar-refractivity contribution < 1.29 is 14.7 Å². The summed E-state index contributed by atoms with van der Waals surface area (Å²) in [5.74, 6) is -0.806. The molecular formula is C15H22N2O3. The summed E-state index contributed by atoms with van der Waals surface area (Å²) < 4.78 is 0. The first-order valence-corrected chi connectivity index (χ1v) is 6.81. The highest BCUT2D eigenvalue weighted by molar-refractivity contribution is 5.94. The maximum Gasteiger partial charge on any atom is 0.326 e. The molecule has 0 saturated carbocycles. The molecule has 0 fully saturated rings. The molecule has 0 aliphatic rings. The number of carbonyl (C=O) groups is 2. The van der Waals surface area contributed by atoms with Gasteiger partial charge in [0.05, 0.1) is 0 Å². The van der Waals surface area contributed by atoms with Crippen LogP contribution in [0.2, 0.25) is 0 Å². The van der Waals surface area contributed by atoms with E-state index in [2.05, 4.69) is 5.32 Å². The highest BCUT2D eigenvalue weighted by atomic mass is 16.4. The van der Waals surface area contributed by atoms with Crippen LogP contribution in [0, 0.1) is 5.92 Å². The molecule has 0 unspecified atom stereocenters. The number of hydrogen-bond donors (Lipinski definition) is 2. The van der Waals surface area contributed by atoms with Crippen molar-refractivity contribution in [3.8, 4) is 0 Å². The number of rotatable bonds is 6. The SMILES string of the molecule is CCN(C(=O)N[C@H](CC(C)C)C(=O)O)c1ccccc1. The molecule has 0 radical (unpaired) electrons. The van der Waals surface area contributed by atoms with Crippen molar-refractivity contribution in [2.75, 3.05) is 11.4 Å². The second-order valence-electron chi connectivity index (χ2n) is 5.05. The molecule has 110 valence electrons. The number of benzene rings is 1. The van der Waals surface area contributed by atoms with E-state index in [0.717, 1.165) is 5.69 Å². The van der Waals surface area contributed by atoms with Gasteiger partial charge in [0.25, 0.3) is 0 Å². The third-order valence-electron chi connectivity index (χ3n) is 2.93. The number of hydrogen-bond acceptors (Lipinski definition) is 2. The predicted molar refractivity (Wildman–Crippen MR) is 78.9 cm³/mol. The molecular weight excluding hydrogens is 256 g/mol. The summed E-state index contributed by atoms with van der Waals surface area (Å²) in [6, 6.07) is 7.95. The average molecular weight is 278 g/mol. The van der Waals surface area contributed by atoms with Crippen molar-refractivity contribution in [2.24, 2.45) is 5.92 Å². The largest absolute Gasteiger partial charge is 0.480 e. The van der Waals surface area contributed by atoms with E-state index in [9.17, 15) is 9.59 Å². The molecule has 2 N–H and O–H groups in total. The van der Waals surface area contributed by atoms with E-state index in [1.54, 1.807) is 0 Å². The summed E-state index contributed by atoms with van der Waals surface area (Å²) in [6.07, 6.45) is 0.410. The molecule has 0 saturated heterocycles. The predicted octanol–water partition coefficient (Wildman–Crippen LogP) is 2.72. The van der Waals surface area contributed by atoms with Crippen molar-refractivity contribution in [2.45, 2.75) is 33.2 Å². The number of nitrogens with zero attached hydrogens (tertiary/aromatic N) is 1. The topological polar surface area (TPSA) is 69.6 Å². The normalized spacial score (nSPS) is 12.0. The zero-order chi connectivity index (χ0) is 15.1. The monoisotopic (exact) mass is 278 g/mol. The van der Waals surface area contributed by atoms with Crippen molar-refractivity contribution in [1.82, 2.24) is 5.32 Å². The minimum Gasteiger partial charge on any atom is -0.480 e. The highest BCUT2D eigenvalue weighted by Gasteiger charge is 2.23. The molecule has 5 nitrogen and oxygen atoms in total. The van der Waals surface area contributed by atoms with Crippen molar-refractivity contribution in [1.29, 1.82) is 0 Å². The standard InChI is InChI=1S/C15H22N2O3/c1-4-17(12-8-6-5-7-9-12)15(20)16-13(14(18)19)10-11(2)3/h5-9,11,13H,4,10H2,1-3H3,(H,16,20)(H,18,19)/t13-/m1/s1. The Morgan fingerprint density at radius 1 is 1.25 bits per heavy atom. The van der Waals surface area contributed by atoms with Crippen LogP contribution in [0.15, 0.2) is 30.3 Å². The lowest BCUT2D eigenvalue weighted by molar-refractivity contribution is -0.139. The Kier molecular flexibility index (Phi) is 6.03. The van der Waals surface area contributed by atoms with Crippen LogP contribution in [0.3, 0.4) is 0 Å². The van der Waals surface area contributed by atoms with Crippen LogP contribution in [-0.2, 0) is 4.79 Å². The Balaban J connectivity index is 2.78. The van der Waals surface area contributed by atoms with Crippen molar-refractivity contribution in [3.63, 3.8) is 0 Å². The lowest BCUT2D eigenvalue weighted by Crippen LogP contribution is -2.48. The van der Waals surface area contributed by atoms with Gasteiger partial charge in [0.2, 0.25) is 0 Å². The maximum absolute atomic E-state index is 12.2. The van der Waals surface area contributed by atoms with Gasteiger partial charge in [-0.1, -0.05) is 32.0 Å². The summed E-state index contributed by atoms with van der Waals surface area (Å²) in [5, 5.41) is 11.7. The smallest absolute Gasteiger partial charge is 0.326 e. The van der Waals surface area contributed by atoms with Crippen molar-refractivity contribution in [3.05, 3.63) is 30.3 Å². The number of carbonyl (C=O) groups excluding carboxylic acids is 1. The Morgan fingerprint density at radius 2 is 1.85 bits per heavy atom. The Morgan fingerprint density at radius 3 is 2.30 bits per heavy atom. The molecule has 0 bridgehead atoms. The van der Waals surface area contributed by atoms with Crippen LogP contribution in [0.4, 0.5) is 10.5 Å². The number of nitrogens with one attached hydrogen (secondary N) is 1. The Bertz CT molecular complexity index is 446. The third kappa shape index (κ3) is 4.57. The zero-order valence-corrected chi connectivity index (χ0v) is 12.2. The maximum atomic E-state index is 12.2. The van der Waals surface area contributed by atoms with Crippen LogP contribution in [0.25, 0.3) is 0 Å². The molecule has 0 aliphatic heterocycles. The van der Waals surface area contributed by atoms with Gasteiger partial charge in [-0.2, -0.15) is 0 Å². The van der Waals surface area contributed by atoms with E-state index in [0.29, 0.717) is 13.0 Å². The molecule has 0 heterocycles. The second-order valence-corrected chi connectivity index (χ2v) is 5.05. The van der Waals surface area contributed by atoms with E-state index in [4.69, 9.17) is 5.11 Å². The number of para-hydroxylation sites is 1. The number of carboxylic acids is 1. The van der Waals surface area contributed by atoms with Gasteiger partial charge in [-0.3, -0.25) is 4.90 Å². The van der Waals surface area contributed by atoms with Gasteiger partial charge in [-0.05, 0) is 31.4 Å². The molecule has 20 heavy (non-hydrogen) atoms. The number of amides is 2. The first kappa shape index (κ1) is 16.0. The third-order valence-corrected chi connectivity index (χ3v) is 2.93. The molecule has 5 heteroatoms. The molecule has 1 rings (SSSR count). The molecule has 2 amide bonds. The summed E-state index contributed by atoms with van der Waals surface area (Å²) in [6.45, 7) is 6.18. The lowest BCUT2D eigenvalue weighted by Gasteiger charge is -2.24. The molecule has 0 spiro atoms. The average Bonchev–Trinajstić information content (AvgIpc) is 2.39. The lowest BCUT2D eigenvalue weighted by atomic mass is 10.0. The highest BCUT2D eigenvalue weighted by Crippen LogP contribution is 2.14. The molecule has 1 atom stereocenters. The van der Waals surface area contributed by atoms with E-state index in [-0.39, 0.29) is 11.9 Å².